The second-order valence-electron chi connectivity index (χ2n) is 5.62. The molecule has 0 amide bonds. The number of aryl methyl sites for hydroxylation is 1. The molecule has 25 heavy (non-hydrogen) atoms. The first-order valence-corrected chi connectivity index (χ1v) is 10.9. The van der Waals surface area contributed by atoms with E-state index in [0.29, 0.717) is 13.2 Å². The number of benzene rings is 2. The van der Waals surface area contributed by atoms with Gasteiger partial charge in [-0.05, 0) is 31.0 Å². The van der Waals surface area contributed by atoms with E-state index in [4.69, 9.17) is 9.47 Å². The molecule has 3 nitrogen and oxygen atoms in total. The van der Waals surface area contributed by atoms with Crippen molar-refractivity contribution in [3.63, 3.8) is 0 Å². The molecule has 0 radical (unpaired) electrons. The van der Waals surface area contributed by atoms with Crippen molar-refractivity contribution in [1.29, 1.82) is 0 Å². The van der Waals surface area contributed by atoms with Crippen molar-refractivity contribution in [2.45, 2.75) is 31.0 Å². The van der Waals surface area contributed by atoms with Crippen molar-refractivity contribution >= 4 is 33.4 Å². The second kappa shape index (κ2) is 11.4. The van der Waals surface area contributed by atoms with Gasteiger partial charge in [0.15, 0.2) is 0 Å². The van der Waals surface area contributed by atoms with Gasteiger partial charge in [-0.2, -0.15) is 0 Å². The van der Waals surface area contributed by atoms with Gasteiger partial charge in [-0.15, -0.1) is 0 Å². The summed E-state index contributed by atoms with van der Waals surface area (Å²) in [6.45, 7) is 3.09. The highest BCUT2D eigenvalue weighted by Crippen LogP contribution is 2.11. The van der Waals surface area contributed by atoms with Crippen LogP contribution in [0.5, 0.6) is 0 Å². The van der Waals surface area contributed by atoms with Crippen LogP contribution in [0.25, 0.3) is 0 Å². The molecule has 0 heterocycles. The molecule has 0 bridgehead atoms. The normalized spacial score (nSPS) is 13.7. The van der Waals surface area contributed by atoms with Crippen LogP contribution in [-0.4, -0.2) is 21.3 Å². The summed E-state index contributed by atoms with van der Waals surface area (Å²) in [5.41, 5.74) is 2.30. The summed E-state index contributed by atoms with van der Waals surface area (Å²) in [6.07, 6.45) is 2.39. The lowest BCUT2D eigenvalue weighted by molar-refractivity contribution is 0.0190. The Morgan fingerprint density at radius 3 is 2.52 bits per heavy atom. The molecule has 0 fully saturated rings. The Bertz CT molecular complexity index is 671. The van der Waals surface area contributed by atoms with Gasteiger partial charge >= 0.3 is 0 Å². The number of alkyl halides is 1. The molecule has 0 spiro atoms. The van der Waals surface area contributed by atoms with E-state index in [2.05, 4.69) is 22.6 Å². The molecule has 2 atom stereocenters. The maximum absolute atomic E-state index is 12.2. The summed E-state index contributed by atoms with van der Waals surface area (Å²) < 4.78 is 24.7. The van der Waals surface area contributed by atoms with E-state index in [0.717, 1.165) is 26.9 Å². The summed E-state index contributed by atoms with van der Waals surface area (Å²) in [5, 5.41) is 1.59. The van der Waals surface area contributed by atoms with Gasteiger partial charge in [0, 0.05) is 14.7 Å². The van der Waals surface area contributed by atoms with E-state index in [1.54, 1.807) is 11.7 Å². The molecule has 0 aliphatic carbocycles. The van der Waals surface area contributed by atoms with Crippen LogP contribution in [0.2, 0.25) is 0 Å². The van der Waals surface area contributed by atoms with Crippen molar-refractivity contribution in [1.82, 2.24) is 0 Å². The van der Waals surface area contributed by atoms with E-state index in [9.17, 15) is 4.21 Å². The van der Waals surface area contributed by atoms with Gasteiger partial charge in [-0.3, -0.25) is 0 Å². The maximum atomic E-state index is 12.2. The lowest BCUT2D eigenvalue weighted by Gasteiger charge is -2.15. The standard InChI is InChI=1S/C20H23IO3S/c1-17-7-9-20(10-8-17)25(22)14-13-24-19(11-12-21)16-23-15-18-5-3-2-4-6-18/h2-10,13-14,19H,11-12,15-16H2,1H3/b14-13+/t19-,25?/m0/s1. The Hall–Kier alpha value is -1.18. The molecule has 0 N–H and O–H groups in total. The smallest absolute Gasteiger partial charge is 0.122 e. The molecule has 0 aliphatic rings. The first-order chi connectivity index (χ1) is 12.2. The van der Waals surface area contributed by atoms with Gasteiger partial charge in [0.2, 0.25) is 0 Å². The highest BCUT2D eigenvalue weighted by molar-refractivity contribution is 14.1. The fourth-order valence-electron chi connectivity index (χ4n) is 2.14. The summed E-state index contributed by atoms with van der Waals surface area (Å²) in [7, 11) is -1.20. The second-order valence-corrected chi connectivity index (χ2v) is 8.04. The summed E-state index contributed by atoms with van der Waals surface area (Å²) >= 11 is 2.32. The first-order valence-electron chi connectivity index (χ1n) is 8.16. The molecule has 0 aromatic heterocycles. The quantitative estimate of drug-likeness (QED) is 0.279. The molecule has 0 aliphatic heterocycles. The summed E-state index contributed by atoms with van der Waals surface area (Å²) in [4.78, 5) is 0.774. The van der Waals surface area contributed by atoms with E-state index in [-0.39, 0.29) is 6.10 Å². The molecule has 2 aromatic carbocycles. The Labute approximate surface area is 166 Å². The minimum absolute atomic E-state index is 0.0353. The SMILES string of the molecule is Cc1ccc(S(=O)/C=C/O[C@@H](CCI)COCc2ccccc2)cc1. The van der Waals surface area contributed by atoms with Gasteiger partial charge in [0.25, 0.3) is 0 Å². The largest absolute Gasteiger partial charge is 0.495 e. The molecule has 134 valence electrons. The van der Waals surface area contributed by atoms with Gasteiger partial charge in [-0.25, -0.2) is 4.21 Å². The predicted octanol–water partition coefficient (Wildman–Crippen LogP) is 5.00. The third-order valence-corrected chi connectivity index (χ3v) is 5.27. The number of ether oxygens (including phenoxy) is 2. The molecular weight excluding hydrogens is 447 g/mol. The molecule has 5 heteroatoms. The van der Waals surface area contributed by atoms with Crippen LogP contribution >= 0.6 is 22.6 Å². The Kier molecular flexibility index (Phi) is 9.21. The highest BCUT2D eigenvalue weighted by Gasteiger charge is 2.08. The topological polar surface area (TPSA) is 35.5 Å². The number of hydrogen-bond acceptors (Lipinski definition) is 3. The van der Waals surface area contributed by atoms with E-state index in [1.807, 2.05) is 61.5 Å². The van der Waals surface area contributed by atoms with E-state index >= 15 is 0 Å². The average Bonchev–Trinajstić information content (AvgIpc) is 2.63. The van der Waals surface area contributed by atoms with Crippen LogP contribution < -0.4 is 0 Å². The van der Waals surface area contributed by atoms with Gasteiger partial charge < -0.3 is 9.47 Å². The third kappa shape index (κ3) is 7.71. The lowest BCUT2D eigenvalue weighted by atomic mass is 10.2. The van der Waals surface area contributed by atoms with Crippen LogP contribution in [0.15, 0.2) is 71.2 Å². The Morgan fingerprint density at radius 1 is 1.12 bits per heavy atom. The Morgan fingerprint density at radius 2 is 1.84 bits per heavy atom. The van der Waals surface area contributed by atoms with Crippen molar-refractivity contribution in [3.8, 4) is 0 Å². The first kappa shape index (κ1) is 20.1. The minimum atomic E-state index is -1.20. The molecule has 2 aromatic rings. The van der Waals surface area contributed by atoms with Crippen molar-refractivity contribution in [3.05, 3.63) is 77.4 Å². The molecule has 2 rings (SSSR count). The maximum Gasteiger partial charge on any atom is 0.122 e. The van der Waals surface area contributed by atoms with Crippen LogP contribution in [0.4, 0.5) is 0 Å². The molecule has 0 saturated heterocycles. The molecule has 1 unspecified atom stereocenters. The van der Waals surface area contributed by atoms with E-state index in [1.165, 1.54) is 0 Å². The molecule has 0 saturated carbocycles. The van der Waals surface area contributed by atoms with Crippen molar-refractivity contribution in [2.75, 3.05) is 11.0 Å². The summed E-state index contributed by atoms with van der Waals surface area (Å²) in [5.74, 6) is 0. The van der Waals surface area contributed by atoms with Crippen molar-refractivity contribution in [2.24, 2.45) is 0 Å². The average molecular weight is 470 g/mol. The van der Waals surface area contributed by atoms with Crippen molar-refractivity contribution < 1.29 is 13.7 Å². The van der Waals surface area contributed by atoms with Crippen LogP contribution in [-0.2, 0) is 26.9 Å². The number of rotatable bonds is 10. The molecular formula is C20H23IO3S. The zero-order valence-corrected chi connectivity index (χ0v) is 17.2. The van der Waals surface area contributed by atoms with Crippen LogP contribution in [0.3, 0.4) is 0 Å². The summed E-state index contributed by atoms with van der Waals surface area (Å²) in [6, 6.07) is 17.7. The van der Waals surface area contributed by atoms with Crippen LogP contribution in [0.1, 0.15) is 17.5 Å². The zero-order chi connectivity index (χ0) is 17.9. The minimum Gasteiger partial charge on any atom is -0.495 e. The fraction of sp³-hybridized carbons (Fsp3) is 0.300. The zero-order valence-electron chi connectivity index (χ0n) is 14.3. The number of hydrogen-bond donors (Lipinski definition) is 0. The van der Waals surface area contributed by atoms with Crippen LogP contribution in [0, 0.1) is 6.92 Å². The fourth-order valence-corrected chi connectivity index (χ4v) is 3.56. The predicted molar refractivity (Wildman–Crippen MR) is 111 cm³/mol. The van der Waals surface area contributed by atoms with Gasteiger partial charge in [0.05, 0.1) is 30.3 Å². The van der Waals surface area contributed by atoms with E-state index < -0.39 is 10.8 Å². The third-order valence-electron chi connectivity index (χ3n) is 3.55. The highest BCUT2D eigenvalue weighted by atomic mass is 127. The monoisotopic (exact) mass is 470 g/mol. The lowest BCUT2D eigenvalue weighted by Crippen LogP contribution is -2.18. The van der Waals surface area contributed by atoms with Gasteiger partial charge in [-0.1, -0.05) is 70.6 Å². The Balaban J connectivity index is 1.79. The number of halogens is 1. The van der Waals surface area contributed by atoms with Gasteiger partial charge in [0.1, 0.15) is 6.10 Å².